The van der Waals surface area contributed by atoms with Crippen LogP contribution in [0.15, 0.2) is 48.8 Å². The monoisotopic (exact) mass is 267 g/mol. The molecule has 0 radical (unpaired) electrons. The molecule has 0 bridgehead atoms. The van der Waals surface area contributed by atoms with Crippen LogP contribution in [0.5, 0.6) is 0 Å². The lowest BCUT2D eigenvalue weighted by Crippen LogP contribution is -2.17. The molecule has 0 spiro atoms. The van der Waals surface area contributed by atoms with Crippen molar-refractivity contribution in [3.63, 3.8) is 0 Å². The number of nitrogens with zero attached hydrogens (tertiary/aromatic N) is 2. The van der Waals surface area contributed by atoms with Gasteiger partial charge in [0.25, 0.3) is 0 Å². The second kappa shape index (κ2) is 6.53. The van der Waals surface area contributed by atoms with Crippen LogP contribution in [0.25, 0.3) is 0 Å². The van der Waals surface area contributed by atoms with E-state index in [9.17, 15) is 0 Å². The molecule has 1 aliphatic heterocycles. The maximum atomic E-state index is 4.03. The summed E-state index contributed by atoms with van der Waals surface area (Å²) in [4.78, 5) is 6.49. The molecule has 1 aromatic heterocycles. The van der Waals surface area contributed by atoms with Gasteiger partial charge in [-0.3, -0.25) is 4.98 Å². The minimum atomic E-state index is 0.885. The Labute approximate surface area is 120 Å². The normalized spacial score (nSPS) is 14.7. The number of hydrogen-bond acceptors (Lipinski definition) is 3. The van der Waals surface area contributed by atoms with Crippen molar-refractivity contribution in [3.8, 4) is 0 Å². The van der Waals surface area contributed by atoms with Gasteiger partial charge in [0, 0.05) is 44.3 Å². The van der Waals surface area contributed by atoms with Crippen molar-refractivity contribution in [2.45, 2.75) is 25.9 Å². The van der Waals surface area contributed by atoms with Crippen LogP contribution >= 0.6 is 0 Å². The van der Waals surface area contributed by atoms with Gasteiger partial charge in [0.05, 0.1) is 0 Å². The molecule has 1 fully saturated rings. The van der Waals surface area contributed by atoms with Crippen LogP contribution in [0.3, 0.4) is 0 Å². The maximum absolute atomic E-state index is 4.03. The number of hydrogen-bond donors (Lipinski definition) is 1. The molecule has 104 valence electrons. The van der Waals surface area contributed by atoms with Crippen molar-refractivity contribution < 1.29 is 0 Å². The van der Waals surface area contributed by atoms with Crippen LogP contribution in [0.4, 0.5) is 5.69 Å². The van der Waals surface area contributed by atoms with Gasteiger partial charge >= 0.3 is 0 Å². The average molecular weight is 267 g/mol. The number of benzene rings is 1. The molecule has 3 heteroatoms. The van der Waals surface area contributed by atoms with E-state index < -0.39 is 0 Å². The highest BCUT2D eigenvalue weighted by Gasteiger charge is 2.11. The van der Waals surface area contributed by atoms with Gasteiger partial charge < -0.3 is 10.2 Å². The molecule has 0 aliphatic carbocycles. The Morgan fingerprint density at radius 3 is 2.10 bits per heavy atom. The average Bonchev–Trinajstić information content (AvgIpc) is 3.03. The molecule has 0 amide bonds. The Hall–Kier alpha value is -1.87. The van der Waals surface area contributed by atoms with Crippen molar-refractivity contribution in [2.24, 2.45) is 0 Å². The molecule has 3 nitrogen and oxygen atoms in total. The van der Waals surface area contributed by atoms with Crippen molar-refractivity contribution in [2.75, 3.05) is 18.0 Å². The fourth-order valence-electron chi connectivity index (χ4n) is 2.65. The van der Waals surface area contributed by atoms with E-state index in [1.807, 2.05) is 24.5 Å². The Morgan fingerprint density at radius 1 is 0.850 bits per heavy atom. The highest BCUT2D eigenvalue weighted by atomic mass is 15.1. The summed E-state index contributed by atoms with van der Waals surface area (Å²) in [5.74, 6) is 0. The summed E-state index contributed by atoms with van der Waals surface area (Å²) < 4.78 is 0. The van der Waals surface area contributed by atoms with Gasteiger partial charge in [-0.25, -0.2) is 0 Å². The molecule has 0 saturated carbocycles. The summed E-state index contributed by atoms with van der Waals surface area (Å²) in [5.41, 5.74) is 3.97. The first-order valence-electron chi connectivity index (χ1n) is 7.35. The molecule has 0 unspecified atom stereocenters. The summed E-state index contributed by atoms with van der Waals surface area (Å²) >= 11 is 0. The molecule has 1 N–H and O–H groups in total. The maximum Gasteiger partial charge on any atom is 0.0366 e. The molecule has 1 saturated heterocycles. The standard InChI is InChI=1S/C17H21N3/c1-2-12-20(11-1)17-5-3-15(4-6-17)13-19-14-16-7-9-18-10-8-16/h3-10,19H,1-2,11-14H2. The molecular formula is C17H21N3. The quantitative estimate of drug-likeness (QED) is 0.902. The summed E-state index contributed by atoms with van der Waals surface area (Å²) in [6.45, 7) is 4.21. The zero-order valence-electron chi connectivity index (χ0n) is 11.8. The SMILES string of the molecule is c1cc(CNCc2ccc(N3CCCC3)cc2)ccn1. The van der Waals surface area contributed by atoms with Gasteiger partial charge in [-0.1, -0.05) is 12.1 Å². The zero-order valence-corrected chi connectivity index (χ0v) is 11.8. The lowest BCUT2D eigenvalue weighted by molar-refractivity contribution is 0.692. The zero-order chi connectivity index (χ0) is 13.6. The van der Waals surface area contributed by atoms with Crippen LogP contribution in [-0.4, -0.2) is 18.1 Å². The highest BCUT2D eigenvalue weighted by molar-refractivity contribution is 5.48. The second-order valence-corrected chi connectivity index (χ2v) is 5.32. The van der Waals surface area contributed by atoms with E-state index in [-0.39, 0.29) is 0 Å². The van der Waals surface area contributed by atoms with Crippen LogP contribution in [0, 0.1) is 0 Å². The number of aromatic nitrogens is 1. The van der Waals surface area contributed by atoms with Crippen molar-refractivity contribution in [1.82, 2.24) is 10.3 Å². The minimum Gasteiger partial charge on any atom is -0.372 e. The van der Waals surface area contributed by atoms with Crippen molar-refractivity contribution >= 4 is 5.69 Å². The lowest BCUT2D eigenvalue weighted by Gasteiger charge is -2.17. The van der Waals surface area contributed by atoms with Gasteiger partial charge in [-0.05, 0) is 48.2 Å². The predicted molar refractivity (Wildman–Crippen MR) is 82.7 cm³/mol. The lowest BCUT2D eigenvalue weighted by atomic mass is 10.2. The first kappa shape index (κ1) is 13.1. The first-order chi connectivity index (χ1) is 9.92. The Bertz CT molecular complexity index is 516. The number of pyridine rings is 1. The molecule has 3 rings (SSSR count). The van der Waals surface area contributed by atoms with Crippen molar-refractivity contribution in [1.29, 1.82) is 0 Å². The second-order valence-electron chi connectivity index (χ2n) is 5.32. The molecule has 0 atom stereocenters. The van der Waals surface area contributed by atoms with Gasteiger partial charge in [-0.2, -0.15) is 0 Å². The van der Waals surface area contributed by atoms with E-state index in [0.717, 1.165) is 13.1 Å². The van der Waals surface area contributed by atoms with Gasteiger partial charge in [-0.15, -0.1) is 0 Å². The Balaban J connectivity index is 1.50. The van der Waals surface area contributed by atoms with Crippen LogP contribution in [0.1, 0.15) is 24.0 Å². The molecule has 20 heavy (non-hydrogen) atoms. The van der Waals surface area contributed by atoms with E-state index >= 15 is 0 Å². The predicted octanol–water partition coefficient (Wildman–Crippen LogP) is 2.97. The summed E-state index contributed by atoms with van der Waals surface area (Å²) in [7, 11) is 0. The molecule has 1 aliphatic rings. The Morgan fingerprint density at radius 2 is 1.45 bits per heavy atom. The van der Waals surface area contributed by atoms with E-state index in [1.54, 1.807) is 0 Å². The summed E-state index contributed by atoms with van der Waals surface area (Å²) in [6.07, 6.45) is 6.33. The third-order valence-electron chi connectivity index (χ3n) is 3.82. The molecule has 2 aromatic rings. The van der Waals surface area contributed by atoms with Gasteiger partial charge in [0.15, 0.2) is 0 Å². The topological polar surface area (TPSA) is 28.2 Å². The summed E-state index contributed by atoms with van der Waals surface area (Å²) in [6, 6.07) is 13.0. The van der Waals surface area contributed by atoms with Gasteiger partial charge in [0.2, 0.25) is 0 Å². The molecule has 2 heterocycles. The number of nitrogens with one attached hydrogen (secondary N) is 1. The number of anilines is 1. The van der Waals surface area contributed by atoms with E-state index in [1.165, 1.54) is 42.7 Å². The summed E-state index contributed by atoms with van der Waals surface area (Å²) in [5, 5.41) is 3.47. The minimum absolute atomic E-state index is 0.885. The van der Waals surface area contributed by atoms with Crippen LogP contribution in [0.2, 0.25) is 0 Å². The fraction of sp³-hybridized carbons (Fsp3) is 0.353. The van der Waals surface area contributed by atoms with E-state index in [0.29, 0.717) is 0 Å². The van der Waals surface area contributed by atoms with E-state index in [4.69, 9.17) is 0 Å². The largest absolute Gasteiger partial charge is 0.372 e. The molecule has 1 aromatic carbocycles. The third kappa shape index (κ3) is 3.36. The van der Waals surface area contributed by atoms with Gasteiger partial charge in [0.1, 0.15) is 0 Å². The van der Waals surface area contributed by atoms with E-state index in [2.05, 4.69) is 39.5 Å². The van der Waals surface area contributed by atoms with Crippen LogP contribution in [-0.2, 0) is 13.1 Å². The highest BCUT2D eigenvalue weighted by Crippen LogP contribution is 2.20. The fourth-order valence-corrected chi connectivity index (χ4v) is 2.65. The smallest absolute Gasteiger partial charge is 0.0366 e. The van der Waals surface area contributed by atoms with Crippen molar-refractivity contribution in [3.05, 3.63) is 59.9 Å². The molecular weight excluding hydrogens is 246 g/mol. The first-order valence-corrected chi connectivity index (χ1v) is 7.35. The number of rotatable bonds is 5. The van der Waals surface area contributed by atoms with Crippen LogP contribution < -0.4 is 10.2 Å². The third-order valence-corrected chi connectivity index (χ3v) is 3.82. The Kier molecular flexibility index (Phi) is 4.28.